The Morgan fingerprint density at radius 2 is 2.19 bits per heavy atom. The van der Waals surface area contributed by atoms with Crippen molar-refractivity contribution in [2.75, 3.05) is 19.8 Å². The number of benzene rings is 1. The molecule has 1 aromatic rings. The molecule has 2 unspecified atom stereocenters. The van der Waals surface area contributed by atoms with Crippen molar-refractivity contribution in [3.63, 3.8) is 0 Å². The van der Waals surface area contributed by atoms with Crippen LogP contribution < -0.4 is 0 Å². The summed E-state index contributed by atoms with van der Waals surface area (Å²) in [5.41, 5.74) is 2.07. The number of hydrogen-bond acceptors (Lipinski definition) is 4. The minimum absolute atomic E-state index is 0.0113. The summed E-state index contributed by atoms with van der Waals surface area (Å²) in [4.78, 5) is 11.4. The molecule has 21 heavy (non-hydrogen) atoms. The highest BCUT2D eigenvalue weighted by molar-refractivity contribution is 5.87. The first-order chi connectivity index (χ1) is 10.2. The van der Waals surface area contributed by atoms with Crippen molar-refractivity contribution in [3.8, 4) is 0 Å². The Morgan fingerprint density at radius 1 is 1.43 bits per heavy atom. The fourth-order valence-electron chi connectivity index (χ4n) is 2.12. The van der Waals surface area contributed by atoms with E-state index in [1.165, 1.54) is 6.08 Å². The average molecular weight is 290 g/mol. The molecule has 1 fully saturated rings. The smallest absolute Gasteiger partial charge is 0.330 e. The molecular weight excluding hydrogens is 268 g/mol. The highest BCUT2D eigenvalue weighted by Crippen LogP contribution is 2.27. The van der Waals surface area contributed by atoms with Crippen LogP contribution in [0, 0.1) is 0 Å². The monoisotopic (exact) mass is 290 g/mol. The average Bonchev–Trinajstić information content (AvgIpc) is 3.31. The molecule has 0 aliphatic carbocycles. The minimum atomic E-state index is -0.326. The molecular formula is C17H22O4. The predicted molar refractivity (Wildman–Crippen MR) is 80.8 cm³/mol. The number of rotatable bonds is 8. The standard InChI is InChI=1S/C17H22O4/c1-3-16(21-12-14-11-20-14)15-8-6-5-7-13(15)9-10-17(18)19-4-2/h5-10,14,16H,3-4,11-12H2,1-2H3/b10-9+. The maximum absolute atomic E-state index is 11.4. The van der Waals surface area contributed by atoms with Crippen LogP contribution in [0.25, 0.3) is 6.08 Å². The summed E-state index contributed by atoms with van der Waals surface area (Å²) in [5, 5.41) is 0. The highest BCUT2D eigenvalue weighted by Gasteiger charge is 2.24. The van der Waals surface area contributed by atoms with E-state index in [2.05, 4.69) is 6.92 Å². The molecule has 114 valence electrons. The summed E-state index contributed by atoms with van der Waals surface area (Å²) in [6.45, 7) is 5.67. The van der Waals surface area contributed by atoms with Crippen LogP contribution in [0.4, 0.5) is 0 Å². The summed E-state index contributed by atoms with van der Waals surface area (Å²) in [5.74, 6) is -0.326. The second-order valence-corrected chi connectivity index (χ2v) is 4.90. The summed E-state index contributed by atoms with van der Waals surface area (Å²) < 4.78 is 16.0. The maximum Gasteiger partial charge on any atom is 0.330 e. The summed E-state index contributed by atoms with van der Waals surface area (Å²) in [7, 11) is 0. The zero-order valence-corrected chi connectivity index (χ0v) is 12.6. The van der Waals surface area contributed by atoms with E-state index in [1.807, 2.05) is 24.3 Å². The molecule has 0 amide bonds. The molecule has 0 aromatic heterocycles. The van der Waals surface area contributed by atoms with Crippen LogP contribution in [0.1, 0.15) is 37.5 Å². The van der Waals surface area contributed by atoms with E-state index in [4.69, 9.17) is 14.2 Å². The third-order valence-electron chi connectivity index (χ3n) is 3.28. The minimum Gasteiger partial charge on any atom is -0.463 e. The van der Waals surface area contributed by atoms with Gasteiger partial charge >= 0.3 is 5.97 Å². The summed E-state index contributed by atoms with van der Waals surface area (Å²) >= 11 is 0. The Morgan fingerprint density at radius 3 is 2.86 bits per heavy atom. The lowest BCUT2D eigenvalue weighted by Crippen LogP contribution is -2.09. The number of esters is 1. The van der Waals surface area contributed by atoms with Gasteiger partial charge in [-0.15, -0.1) is 0 Å². The van der Waals surface area contributed by atoms with E-state index >= 15 is 0 Å². The second kappa shape index (κ2) is 7.96. The van der Waals surface area contributed by atoms with Crippen LogP contribution in [0.15, 0.2) is 30.3 Å². The third kappa shape index (κ3) is 4.99. The van der Waals surface area contributed by atoms with Gasteiger partial charge in [0.05, 0.1) is 25.9 Å². The van der Waals surface area contributed by atoms with E-state index in [0.717, 1.165) is 24.2 Å². The van der Waals surface area contributed by atoms with Crippen LogP contribution in [0.3, 0.4) is 0 Å². The molecule has 1 aliphatic rings. The lowest BCUT2D eigenvalue weighted by molar-refractivity contribution is -0.137. The number of epoxide rings is 1. The van der Waals surface area contributed by atoms with Gasteiger partial charge in [0.15, 0.2) is 0 Å². The van der Waals surface area contributed by atoms with Crippen LogP contribution in [0.5, 0.6) is 0 Å². The van der Waals surface area contributed by atoms with E-state index < -0.39 is 0 Å². The van der Waals surface area contributed by atoms with Gasteiger partial charge in [0.2, 0.25) is 0 Å². The van der Waals surface area contributed by atoms with Gasteiger partial charge in [0.1, 0.15) is 6.10 Å². The van der Waals surface area contributed by atoms with Gasteiger partial charge in [0.25, 0.3) is 0 Å². The van der Waals surface area contributed by atoms with Crippen LogP contribution in [0.2, 0.25) is 0 Å². The Bertz CT molecular complexity index is 491. The zero-order chi connectivity index (χ0) is 15.1. The first-order valence-corrected chi connectivity index (χ1v) is 7.41. The van der Waals surface area contributed by atoms with E-state index in [1.54, 1.807) is 13.0 Å². The molecule has 0 saturated carbocycles. The van der Waals surface area contributed by atoms with Gasteiger partial charge in [-0.2, -0.15) is 0 Å². The van der Waals surface area contributed by atoms with Crippen LogP contribution in [-0.4, -0.2) is 31.9 Å². The van der Waals surface area contributed by atoms with Crippen LogP contribution in [-0.2, 0) is 19.0 Å². The highest BCUT2D eigenvalue weighted by atomic mass is 16.6. The molecule has 0 spiro atoms. The molecule has 1 heterocycles. The van der Waals surface area contributed by atoms with Crippen molar-refractivity contribution in [3.05, 3.63) is 41.5 Å². The third-order valence-corrected chi connectivity index (χ3v) is 3.28. The lowest BCUT2D eigenvalue weighted by Gasteiger charge is -2.18. The van der Waals surface area contributed by atoms with Gasteiger partial charge in [-0.3, -0.25) is 0 Å². The number of carbonyl (C=O) groups is 1. The van der Waals surface area contributed by atoms with Crippen LogP contribution >= 0.6 is 0 Å². The van der Waals surface area contributed by atoms with Gasteiger partial charge in [-0.25, -0.2) is 4.79 Å². The van der Waals surface area contributed by atoms with Crippen molar-refractivity contribution in [2.24, 2.45) is 0 Å². The van der Waals surface area contributed by atoms with Crippen molar-refractivity contribution < 1.29 is 19.0 Å². The normalized spacial score (nSPS) is 18.7. The van der Waals surface area contributed by atoms with Crippen molar-refractivity contribution in [2.45, 2.75) is 32.5 Å². The Balaban J connectivity index is 2.07. The van der Waals surface area contributed by atoms with Crippen molar-refractivity contribution >= 4 is 12.0 Å². The second-order valence-electron chi connectivity index (χ2n) is 4.90. The molecule has 1 aliphatic heterocycles. The Hall–Kier alpha value is -1.65. The van der Waals surface area contributed by atoms with E-state index in [0.29, 0.717) is 13.2 Å². The van der Waals surface area contributed by atoms with E-state index in [-0.39, 0.29) is 18.2 Å². The Kier molecular flexibility index (Phi) is 5.96. The largest absolute Gasteiger partial charge is 0.463 e. The molecule has 0 N–H and O–H groups in total. The summed E-state index contributed by atoms with van der Waals surface area (Å²) in [6, 6.07) is 7.94. The van der Waals surface area contributed by atoms with E-state index in [9.17, 15) is 4.79 Å². The topological polar surface area (TPSA) is 48.1 Å². The van der Waals surface area contributed by atoms with Crippen molar-refractivity contribution in [1.82, 2.24) is 0 Å². The molecule has 2 atom stereocenters. The number of ether oxygens (including phenoxy) is 3. The molecule has 1 aromatic carbocycles. The molecule has 2 rings (SSSR count). The molecule has 0 bridgehead atoms. The molecule has 4 heteroatoms. The quantitative estimate of drug-likeness (QED) is 0.419. The van der Waals surface area contributed by atoms with Gasteiger partial charge in [0, 0.05) is 6.08 Å². The maximum atomic E-state index is 11.4. The predicted octanol–water partition coefficient (Wildman–Crippen LogP) is 3.13. The van der Waals surface area contributed by atoms with Gasteiger partial charge < -0.3 is 14.2 Å². The van der Waals surface area contributed by atoms with Gasteiger partial charge in [-0.1, -0.05) is 31.2 Å². The lowest BCUT2D eigenvalue weighted by atomic mass is 10.00. The van der Waals surface area contributed by atoms with Crippen molar-refractivity contribution in [1.29, 1.82) is 0 Å². The Labute approximate surface area is 125 Å². The fourth-order valence-corrected chi connectivity index (χ4v) is 2.12. The first-order valence-electron chi connectivity index (χ1n) is 7.41. The molecule has 0 radical (unpaired) electrons. The molecule has 4 nitrogen and oxygen atoms in total. The first kappa shape index (κ1) is 15.7. The molecule has 1 saturated heterocycles. The van der Waals surface area contributed by atoms with Gasteiger partial charge in [-0.05, 0) is 30.5 Å². The zero-order valence-electron chi connectivity index (χ0n) is 12.6. The SMILES string of the molecule is CCOC(=O)/C=C/c1ccccc1C(CC)OCC1CO1. The fraction of sp³-hybridized carbons (Fsp3) is 0.471. The summed E-state index contributed by atoms with van der Waals surface area (Å²) in [6.07, 6.45) is 4.38. The number of hydrogen-bond donors (Lipinski definition) is 0. The number of carbonyl (C=O) groups excluding carboxylic acids is 1.